The second kappa shape index (κ2) is 13.4. The second-order valence-electron chi connectivity index (χ2n) is 19.9. The van der Waals surface area contributed by atoms with Crippen molar-refractivity contribution in [2.24, 2.45) is 51.2 Å². The molecular formula is C49H61NO6. The Hall–Kier alpha value is -3.68. The van der Waals surface area contributed by atoms with Crippen LogP contribution in [0.5, 0.6) is 0 Å². The second-order valence-corrected chi connectivity index (χ2v) is 19.9. The Balaban J connectivity index is 1.10. The van der Waals surface area contributed by atoms with Crippen LogP contribution in [0.4, 0.5) is 4.79 Å². The minimum absolute atomic E-state index is 0.0397. The van der Waals surface area contributed by atoms with E-state index in [1.165, 1.54) is 0 Å². The van der Waals surface area contributed by atoms with Crippen molar-refractivity contribution < 1.29 is 29.0 Å². The molecule has 0 aliphatic heterocycles. The van der Waals surface area contributed by atoms with Gasteiger partial charge in [0.15, 0.2) is 5.76 Å². The van der Waals surface area contributed by atoms with Gasteiger partial charge in [-0.05, 0) is 121 Å². The molecule has 4 saturated carbocycles. The smallest absolute Gasteiger partial charge is 0.410 e. The highest BCUT2D eigenvalue weighted by Gasteiger charge is 2.74. The number of aliphatic hydroxyl groups is 2. The Kier molecular flexibility index (Phi) is 9.09. The third kappa shape index (κ3) is 5.49. The van der Waals surface area contributed by atoms with E-state index in [-0.39, 0.29) is 41.8 Å². The fourth-order valence-corrected chi connectivity index (χ4v) is 13.7. The lowest BCUT2D eigenvalue weighted by Crippen LogP contribution is -2.67. The molecule has 2 spiro atoms. The van der Waals surface area contributed by atoms with E-state index in [0.29, 0.717) is 42.9 Å². The highest BCUT2D eigenvalue weighted by atomic mass is 16.6. The first-order chi connectivity index (χ1) is 26.7. The van der Waals surface area contributed by atoms with Crippen LogP contribution in [-0.2, 0) is 11.3 Å². The number of fused-ring (bicyclic) bond motifs is 2. The van der Waals surface area contributed by atoms with Crippen molar-refractivity contribution in [3.8, 4) is 0 Å². The van der Waals surface area contributed by atoms with Gasteiger partial charge in [0.25, 0.3) is 0 Å². The summed E-state index contributed by atoms with van der Waals surface area (Å²) >= 11 is 0. The molecule has 7 aliphatic carbocycles. The lowest BCUT2D eigenvalue weighted by atomic mass is 9.32. The lowest BCUT2D eigenvalue weighted by Gasteiger charge is -2.71. The Labute approximate surface area is 332 Å². The van der Waals surface area contributed by atoms with Crippen molar-refractivity contribution in [1.82, 2.24) is 4.90 Å². The van der Waals surface area contributed by atoms with Gasteiger partial charge in [0.2, 0.25) is 5.78 Å². The SMILES string of the molecule is CC(C)[C@H]1CC[C@H](C)C[C@@H]1OC(=O)N(Cc1cccc2ccccc12)C[C@]1(O)CC[C@H]2[C@]34C=C[C@@]5(C=C3C(=O)c3ccco3)CC(O)CC[C@]5(C)[C@H]4CC[C@@]21C. The number of hydrogen-bond acceptors (Lipinski definition) is 6. The highest BCUT2D eigenvalue weighted by Crippen LogP contribution is 2.78. The van der Waals surface area contributed by atoms with Crippen molar-refractivity contribution in [3.05, 3.63) is 96.0 Å². The number of furan rings is 1. The van der Waals surface area contributed by atoms with Gasteiger partial charge in [-0.1, -0.05) is 102 Å². The minimum atomic E-state index is -1.22. The standard InChI is InChI=1S/C49H61NO6/c1-31(2)36-16-15-32(3)26-40(36)56-44(53)50(29-34-12-8-11-33-10-6-7-13-37(33)34)30-48(54)22-19-42-46(48,5)21-18-41-45(4)20-17-35(51)27-47(45)23-24-49(41,42)38(28-47)43(52)39-14-9-25-55-39/h6-14,23-25,28,31-32,35-36,40-42,51,54H,15-22,26-27,29-30H2,1-5H3/t32-,35?,36+,40-,41+,42+,45+,46-,47-,48+,49+/m0/s1. The number of Topliss-reactive ketones (excluding diaryl/α,β-unsaturated/α-hetero) is 1. The van der Waals surface area contributed by atoms with Crippen molar-refractivity contribution in [2.75, 3.05) is 6.54 Å². The third-order valence-corrected chi connectivity index (χ3v) is 16.9. The Morgan fingerprint density at radius 1 is 0.911 bits per heavy atom. The summed E-state index contributed by atoms with van der Waals surface area (Å²) in [6.45, 7) is 11.8. The van der Waals surface area contributed by atoms with Crippen LogP contribution in [0.2, 0.25) is 0 Å². The molecule has 11 atom stereocenters. The minimum Gasteiger partial charge on any atom is -0.461 e. The molecule has 0 radical (unpaired) electrons. The zero-order valence-corrected chi connectivity index (χ0v) is 34.0. The van der Waals surface area contributed by atoms with Gasteiger partial charge in [-0.2, -0.15) is 0 Å². The molecule has 7 nitrogen and oxygen atoms in total. The molecule has 10 rings (SSSR count). The van der Waals surface area contributed by atoms with E-state index in [1.54, 1.807) is 18.4 Å². The maximum absolute atomic E-state index is 14.8. The molecule has 1 unspecified atom stereocenters. The molecule has 2 bridgehead atoms. The van der Waals surface area contributed by atoms with Crippen LogP contribution in [0.25, 0.3) is 10.8 Å². The predicted molar refractivity (Wildman–Crippen MR) is 218 cm³/mol. The molecule has 56 heavy (non-hydrogen) atoms. The number of rotatable bonds is 8. The van der Waals surface area contributed by atoms with Crippen molar-refractivity contribution in [2.45, 2.75) is 123 Å². The van der Waals surface area contributed by atoms with E-state index in [2.05, 4.69) is 77.1 Å². The van der Waals surface area contributed by atoms with Crippen molar-refractivity contribution in [1.29, 1.82) is 0 Å². The third-order valence-electron chi connectivity index (χ3n) is 16.9. The van der Waals surface area contributed by atoms with Gasteiger partial charge >= 0.3 is 6.09 Å². The molecular weight excluding hydrogens is 699 g/mol. The number of ether oxygens (including phenoxy) is 1. The average molecular weight is 760 g/mol. The van der Waals surface area contributed by atoms with Crippen LogP contribution < -0.4 is 0 Å². The number of benzene rings is 2. The average Bonchev–Trinajstić information content (AvgIpc) is 3.81. The Bertz CT molecular complexity index is 2060. The largest absolute Gasteiger partial charge is 0.461 e. The van der Waals surface area contributed by atoms with Crippen molar-refractivity contribution >= 4 is 22.6 Å². The zero-order chi connectivity index (χ0) is 39.3. The molecule has 4 fully saturated rings. The molecule has 2 N–H and O–H groups in total. The number of ketones is 1. The van der Waals surface area contributed by atoms with Gasteiger partial charge in [-0.3, -0.25) is 4.79 Å². The quantitative estimate of drug-likeness (QED) is 0.175. The normalized spacial score (nSPS) is 39.8. The summed E-state index contributed by atoms with van der Waals surface area (Å²) in [7, 11) is 0. The summed E-state index contributed by atoms with van der Waals surface area (Å²) in [5.74, 6) is 1.57. The van der Waals surface area contributed by atoms with Gasteiger partial charge < -0.3 is 24.3 Å². The van der Waals surface area contributed by atoms with Gasteiger partial charge in [-0.25, -0.2) is 4.79 Å². The van der Waals surface area contributed by atoms with Crippen LogP contribution in [0.15, 0.2) is 89.1 Å². The first kappa shape index (κ1) is 37.9. The molecule has 3 aromatic rings. The predicted octanol–water partition coefficient (Wildman–Crippen LogP) is 10.3. The van der Waals surface area contributed by atoms with Crippen LogP contribution in [0, 0.1) is 51.2 Å². The van der Waals surface area contributed by atoms with Gasteiger partial charge in [0.05, 0.1) is 24.5 Å². The van der Waals surface area contributed by atoms with Gasteiger partial charge in [-0.15, -0.1) is 0 Å². The molecule has 298 valence electrons. The Morgan fingerprint density at radius 3 is 2.45 bits per heavy atom. The summed E-state index contributed by atoms with van der Waals surface area (Å²) in [5.41, 5.74) is -1.18. The summed E-state index contributed by atoms with van der Waals surface area (Å²) in [6, 6.07) is 18.1. The van der Waals surface area contributed by atoms with Crippen LogP contribution in [0.1, 0.15) is 115 Å². The summed E-state index contributed by atoms with van der Waals surface area (Å²) in [4.78, 5) is 31.3. The molecule has 1 amide bonds. The first-order valence-corrected chi connectivity index (χ1v) is 21.6. The van der Waals surface area contributed by atoms with Crippen LogP contribution in [0.3, 0.4) is 0 Å². The van der Waals surface area contributed by atoms with E-state index in [0.717, 1.165) is 73.3 Å². The number of carbonyl (C=O) groups is 2. The fraction of sp³-hybridized carbons (Fsp3) is 0.592. The molecule has 1 aromatic heterocycles. The topological polar surface area (TPSA) is 100 Å². The van der Waals surface area contributed by atoms with Gasteiger partial charge in [0, 0.05) is 28.4 Å². The van der Waals surface area contributed by atoms with E-state index >= 15 is 0 Å². The van der Waals surface area contributed by atoms with Gasteiger partial charge in [0.1, 0.15) is 6.10 Å². The van der Waals surface area contributed by atoms with Crippen LogP contribution in [-0.4, -0.2) is 51.3 Å². The number of hydrogen-bond donors (Lipinski definition) is 2. The van der Waals surface area contributed by atoms with E-state index < -0.39 is 27.9 Å². The number of nitrogens with zero attached hydrogens (tertiary/aromatic N) is 1. The number of aliphatic hydroxyl groups excluding tert-OH is 1. The summed E-state index contributed by atoms with van der Waals surface area (Å²) in [5, 5.41) is 26.6. The molecule has 1 heterocycles. The highest BCUT2D eigenvalue weighted by molar-refractivity contribution is 6.08. The maximum atomic E-state index is 14.8. The fourth-order valence-electron chi connectivity index (χ4n) is 13.7. The van der Waals surface area contributed by atoms with E-state index in [9.17, 15) is 19.8 Å². The van der Waals surface area contributed by atoms with E-state index in [4.69, 9.17) is 9.15 Å². The molecule has 0 saturated heterocycles. The number of amides is 1. The summed E-state index contributed by atoms with van der Waals surface area (Å²) < 4.78 is 12.4. The monoisotopic (exact) mass is 759 g/mol. The maximum Gasteiger partial charge on any atom is 0.410 e. The molecule has 2 aromatic carbocycles. The zero-order valence-electron chi connectivity index (χ0n) is 34.0. The number of allylic oxidation sites excluding steroid dienone is 4. The van der Waals surface area contributed by atoms with Crippen molar-refractivity contribution in [3.63, 3.8) is 0 Å². The first-order valence-electron chi connectivity index (χ1n) is 21.6. The molecule has 7 aliphatic rings. The molecule has 7 heteroatoms. The lowest BCUT2D eigenvalue weighted by molar-refractivity contribution is -0.175. The number of carbonyl (C=O) groups excluding carboxylic acids is 2. The Morgan fingerprint density at radius 2 is 1.66 bits per heavy atom. The van der Waals surface area contributed by atoms with E-state index in [1.807, 2.05) is 23.1 Å². The van der Waals surface area contributed by atoms with Crippen LogP contribution >= 0.6 is 0 Å². The summed E-state index contributed by atoms with van der Waals surface area (Å²) in [6.07, 6.45) is 15.7.